The minimum absolute atomic E-state index is 0.167. The lowest BCUT2D eigenvalue weighted by molar-refractivity contribution is 1.18. The fourth-order valence-electron chi connectivity index (χ4n) is 2.56. The Morgan fingerprint density at radius 1 is 1.08 bits per heavy atom. The summed E-state index contributed by atoms with van der Waals surface area (Å²) in [6, 6.07) is 20.6. The number of para-hydroxylation sites is 1. The number of aryl methyl sites for hydroxylation is 1. The van der Waals surface area contributed by atoms with Gasteiger partial charge in [0.15, 0.2) is 11.8 Å². The first-order valence-electron chi connectivity index (χ1n) is 8.00. The molecule has 0 radical (unpaired) electrons. The molecule has 0 amide bonds. The normalized spacial score (nSPS) is 11.0. The maximum atomic E-state index is 9.12. The average Bonchev–Trinajstić information content (AvgIpc) is 2.63. The SMILES string of the molecule is Cc1nc(N=C(N)Nc2ccccc2C#N)ccc1-c1ccc(N)cc1. The molecule has 1 heterocycles. The van der Waals surface area contributed by atoms with Crippen molar-refractivity contribution in [1.29, 1.82) is 5.26 Å². The molecule has 0 fully saturated rings. The zero-order valence-electron chi connectivity index (χ0n) is 14.3. The lowest BCUT2D eigenvalue weighted by Crippen LogP contribution is -2.22. The third-order valence-electron chi connectivity index (χ3n) is 3.84. The Hall–Kier alpha value is -3.85. The molecule has 3 aromatic rings. The number of nitrogens with zero attached hydrogens (tertiary/aromatic N) is 3. The van der Waals surface area contributed by atoms with Gasteiger partial charge in [-0.3, -0.25) is 0 Å². The third kappa shape index (κ3) is 3.79. The van der Waals surface area contributed by atoms with Gasteiger partial charge in [-0.1, -0.05) is 24.3 Å². The average molecular weight is 342 g/mol. The number of aliphatic imine (C=N–C) groups is 1. The van der Waals surface area contributed by atoms with Crippen LogP contribution < -0.4 is 16.8 Å². The molecular formula is C20H18N6. The number of nitriles is 1. The summed E-state index contributed by atoms with van der Waals surface area (Å²) in [6.45, 7) is 1.92. The molecule has 5 N–H and O–H groups in total. The first-order chi connectivity index (χ1) is 12.6. The number of rotatable bonds is 3. The highest BCUT2D eigenvalue weighted by atomic mass is 15.1. The number of benzene rings is 2. The fraction of sp³-hybridized carbons (Fsp3) is 0.0500. The maximum Gasteiger partial charge on any atom is 0.199 e. The van der Waals surface area contributed by atoms with Crippen molar-refractivity contribution in [1.82, 2.24) is 4.98 Å². The zero-order valence-corrected chi connectivity index (χ0v) is 14.3. The Morgan fingerprint density at radius 2 is 1.81 bits per heavy atom. The van der Waals surface area contributed by atoms with Crippen LogP contribution in [0.2, 0.25) is 0 Å². The van der Waals surface area contributed by atoms with Gasteiger partial charge in [0.25, 0.3) is 0 Å². The Kier molecular flexibility index (Phi) is 4.81. The molecule has 0 saturated carbocycles. The minimum Gasteiger partial charge on any atom is -0.399 e. The van der Waals surface area contributed by atoms with Crippen molar-refractivity contribution in [2.45, 2.75) is 6.92 Å². The van der Waals surface area contributed by atoms with Gasteiger partial charge < -0.3 is 16.8 Å². The molecule has 0 atom stereocenters. The second-order valence-corrected chi connectivity index (χ2v) is 5.70. The van der Waals surface area contributed by atoms with Crippen LogP contribution in [0.1, 0.15) is 11.3 Å². The Bertz CT molecular complexity index is 1000. The van der Waals surface area contributed by atoms with Crippen LogP contribution in [-0.2, 0) is 0 Å². The largest absolute Gasteiger partial charge is 0.399 e. The smallest absolute Gasteiger partial charge is 0.199 e. The number of anilines is 2. The van der Waals surface area contributed by atoms with Crippen molar-refractivity contribution in [3.05, 3.63) is 71.9 Å². The van der Waals surface area contributed by atoms with Crippen LogP contribution in [0.15, 0.2) is 65.7 Å². The van der Waals surface area contributed by atoms with Gasteiger partial charge in [-0.25, -0.2) is 4.98 Å². The van der Waals surface area contributed by atoms with Gasteiger partial charge in [0.2, 0.25) is 0 Å². The van der Waals surface area contributed by atoms with Crippen LogP contribution in [0.3, 0.4) is 0 Å². The Labute approximate surface area is 151 Å². The van der Waals surface area contributed by atoms with E-state index >= 15 is 0 Å². The summed E-state index contributed by atoms with van der Waals surface area (Å²) in [4.78, 5) is 8.77. The number of aromatic nitrogens is 1. The standard InChI is InChI=1S/C20H18N6/c1-13-17(14-6-8-16(22)9-7-14)10-11-19(24-13)26-20(23)25-18-5-3-2-4-15(18)12-21/h2-11H,22H2,1H3,(H3,23,24,25,26). The number of pyridine rings is 1. The molecule has 0 spiro atoms. The van der Waals surface area contributed by atoms with E-state index in [2.05, 4.69) is 21.4 Å². The van der Waals surface area contributed by atoms with E-state index in [1.165, 1.54) is 0 Å². The predicted molar refractivity (Wildman–Crippen MR) is 105 cm³/mol. The van der Waals surface area contributed by atoms with E-state index < -0.39 is 0 Å². The first kappa shape index (κ1) is 17.0. The first-order valence-corrected chi connectivity index (χ1v) is 8.00. The molecular weight excluding hydrogens is 324 g/mol. The highest BCUT2D eigenvalue weighted by Gasteiger charge is 2.06. The quantitative estimate of drug-likeness (QED) is 0.382. The van der Waals surface area contributed by atoms with Crippen molar-refractivity contribution >= 4 is 23.2 Å². The van der Waals surface area contributed by atoms with Gasteiger partial charge in [-0.2, -0.15) is 10.3 Å². The molecule has 1 aromatic heterocycles. The molecule has 0 aliphatic carbocycles. The van der Waals surface area contributed by atoms with Crippen molar-refractivity contribution in [3.63, 3.8) is 0 Å². The van der Waals surface area contributed by atoms with E-state index in [0.717, 1.165) is 22.5 Å². The summed E-state index contributed by atoms with van der Waals surface area (Å²) in [6.07, 6.45) is 0. The van der Waals surface area contributed by atoms with E-state index in [1.807, 2.05) is 43.3 Å². The molecule has 0 unspecified atom stereocenters. The topological polar surface area (TPSA) is 113 Å². The summed E-state index contributed by atoms with van der Waals surface area (Å²) in [5.41, 5.74) is 16.4. The third-order valence-corrected chi connectivity index (χ3v) is 3.84. The van der Waals surface area contributed by atoms with Crippen LogP contribution in [0.5, 0.6) is 0 Å². The molecule has 2 aromatic carbocycles. The molecule has 6 nitrogen and oxygen atoms in total. The summed E-state index contributed by atoms with van der Waals surface area (Å²) in [7, 11) is 0. The van der Waals surface area contributed by atoms with Crippen molar-refractivity contribution < 1.29 is 0 Å². The zero-order chi connectivity index (χ0) is 18.5. The molecule has 128 valence electrons. The van der Waals surface area contributed by atoms with Gasteiger partial charge >= 0.3 is 0 Å². The van der Waals surface area contributed by atoms with E-state index in [0.29, 0.717) is 17.1 Å². The summed E-state index contributed by atoms with van der Waals surface area (Å²) in [5.74, 6) is 0.654. The number of hydrogen-bond donors (Lipinski definition) is 3. The lowest BCUT2D eigenvalue weighted by atomic mass is 10.0. The second-order valence-electron chi connectivity index (χ2n) is 5.70. The van der Waals surface area contributed by atoms with Crippen molar-refractivity contribution in [2.75, 3.05) is 11.1 Å². The van der Waals surface area contributed by atoms with Crippen LogP contribution in [0.4, 0.5) is 17.2 Å². The van der Waals surface area contributed by atoms with E-state index in [4.69, 9.17) is 16.7 Å². The van der Waals surface area contributed by atoms with Gasteiger partial charge in [0, 0.05) is 16.9 Å². The molecule has 0 bridgehead atoms. The number of nitrogens with two attached hydrogens (primary N) is 2. The van der Waals surface area contributed by atoms with Gasteiger partial charge in [0.05, 0.1) is 11.3 Å². The van der Waals surface area contributed by atoms with Crippen LogP contribution in [0.25, 0.3) is 11.1 Å². The Balaban J connectivity index is 1.83. The number of nitrogens with one attached hydrogen (secondary N) is 1. The van der Waals surface area contributed by atoms with E-state index in [1.54, 1.807) is 24.3 Å². The van der Waals surface area contributed by atoms with Crippen LogP contribution in [0, 0.1) is 18.3 Å². The lowest BCUT2D eigenvalue weighted by Gasteiger charge is -2.09. The monoisotopic (exact) mass is 342 g/mol. The van der Waals surface area contributed by atoms with E-state index in [9.17, 15) is 0 Å². The molecule has 6 heteroatoms. The molecule has 26 heavy (non-hydrogen) atoms. The van der Waals surface area contributed by atoms with Crippen LogP contribution in [-0.4, -0.2) is 10.9 Å². The van der Waals surface area contributed by atoms with Gasteiger partial charge in [-0.05, 0) is 48.9 Å². The van der Waals surface area contributed by atoms with Gasteiger partial charge in [-0.15, -0.1) is 0 Å². The minimum atomic E-state index is 0.167. The van der Waals surface area contributed by atoms with Gasteiger partial charge in [0.1, 0.15) is 6.07 Å². The van der Waals surface area contributed by atoms with Crippen molar-refractivity contribution in [3.8, 4) is 17.2 Å². The van der Waals surface area contributed by atoms with Crippen LogP contribution >= 0.6 is 0 Å². The number of guanidine groups is 1. The second kappa shape index (κ2) is 7.36. The maximum absolute atomic E-state index is 9.12. The highest BCUT2D eigenvalue weighted by molar-refractivity contribution is 5.95. The fourth-order valence-corrected chi connectivity index (χ4v) is 2.56. The van der Waals surface area contributed by atoms with E-state index in [-0.39, 0.29) is 5.96 Å². The molecule has 0 aliphatic rings. The highest BCUT2D eigenvalue weighted by Crippen LogP contribution is 2.25. The number of hydrogen-bond acceptors (Lipinski definition) is 4. The van der Waals surface area contributed by atoms with Crippen molar-refractivity contribution in [2.24, 2.45) is 10.7 Å². The Morgan fingerprint density at radius 3 is 2.50 bits per heavy atom. The summed E-state index contributed by atoms with van der Waals surface area (Å²) < 4.78 is 0. The summed E-state index contributed by atoms with van der Waals surface area (Å²) in [5, 5.41) is 12.1. The molecule has 0 saturated heterocycles. The predicted octanol–water partition coefficient (Wildman–Crippen LogP) is 3.57. The number of nitrogen functional groups attached to an aromatic ring is 1. The molecule has 3 rings (SSSR count). The summed E-state index contributed by atoms with van der Waals surface area (Å²) >= 11 is 0. The molecule has 0 aliphatic heterocycles.